The van der Waals surface area contributed by atoms with Crippen molar-refractivity contribution >= 4 is 5.78 Å². The van der Waals surface area contributed by atoms with E-state index in [0.29, 0.717) is 5.56 Å². The Morgan fingerprint density at radius 1 is 1.75 bits per heavy atom. The molecule has 0 aliphatic carbocycles. The molecular weight excluding hydrogens is 157 g/mol. The second-order valence-corrected chi connectivity index (χ2v) is 2.26. The number of hydrogen-bond donors (Lipinski definition) is 0. The van der Waals surface area contributed by atoms with Crippen LogP contribution in [0.5, 0.6) is 0 Å². The van der Waals surface area contributed by atoms with E-state index in [0.717, 1.165) is 0 Å². The smallest absolute Gasteiger partial charge is 0.223 e. The van der Waals surface area contributed by atoms with Crippen LogP contribution in [0.25, 0.3) is 0 Å². The van der Waals surface area contributed by atoms with Crippen LogP contribution >= 0.6 is 0 Å². The van der Waals surface area contributed by atoms with Gasteiger partial charge in [0.2, 0.25) is 5.95 Å². The van der Waals surface area contributed by atoms with Gasteiger partial charge in [0.05, 0.1) is 5.56 Å². The fraction of sp³-hybridized carbons (Fsp3) is 0.111. The second-order valence-electron chi connectivity index (χ2n) is 2.26. The fourth-order valence-corrected chi connectivity index (χ4v) is 0.774. The Balaban J connectivity index is 3.28. The highest BCUT2D eigenvalue weighted by molar-refractivity contribution is 5.94. The minimum Gasteiger partial charge on any atom is -0.294 e. The Kier molecular flexibility index (Phi) is 2.20. The summed E-state index contributed by atoms with van der Waals surface area (Å²) < 4.78 is 12.8. The molecule has 1 rings (SSSR count). The first kappa shape index (κ1) is 8.41. The van der Waals surface area contributed by atoms with Crippen molar-refractivity contribution in [3.63, 3.8) is 0 Å². The number of pyridine rings is 1. The quantitative estimate of drug-likeness (QED) is 0.356. The van der Waals surface area contributed by atoms with Gasteiger partial charge in [-0.05, 0) is 13.0 Å². The molecule has 0 aliphatic rings. The van der Waals surface area contributed by atoms with Crippen LogP contribution in [-0.4, -0.2) is 10.8 Å². The highest BCUT2D eigenvalue weighted by Gasteiger charge is 2.07. The van der Waals surface area contributed by atoms with E-state index in [1.165, 1.54) is 19.2 Å². The Morgan fingerprint density at radius 3 is 2.92 bits per heavy atom. The van der Waals surface area contributed by atoms with Crippen molar-refractivity contribution in [2.75, 3.05) is 0 Å². The molecule has 0 unspecified atom stereocenters. The average Bonchev–Trinajstić information content (AvgIpc) is 2.05. The Hall–Kier alpha value is -1.69. The highest BCUT2D eigenvalue weighted by atomic mass is 19.1. The van der Waals surface area contributed by atoms with E-state index in [4.69, 9.17) is 6.42 Å². The molecule has 1 heterocycles. The summed E-state index contributed by atoms with van der Waals surface area (Å²) >= 11 is 0. The lowest BCUT2D eigenvalue weighted by molar-refractivity contribution is 0.101. The number of rotatable bonds is 1. The molecule has 0 radical (unpaired) electrons. The van der Waals surface area contributed by atoms with Crippen molar-refractivity contribution in [3.8, 4) is 12.3 Å². The standard InChI is InChI=1S/C9H6FNO/c1-3-7-4-8(6(2)12)9(10)11-5-7/h1,4-5H,2H3. The zero-order valence-electron chi connectivity index (χ0n) is 6.47. The van der Waals surface area contributed by atoms with E-state index in [1.54, 1.807) is 0 Å². The molecule has 0 amide bonds. The van der Waals surface area contributed by atoms with Crippen molar-refractivity contribution in [3.05, 3.63) is 29.3 Å². The molecule has 0 saturated heterocycles. The monoisotopic (exact) mass is 163 g/mol. The number of nitrogens with zero attached hydrogens (tertiary/aromatic N) is 1. The van der Waals surface area contributed by atoms with Crippen LogP contribution in [0.1, 0.15) is 22.8 Å². The minimum absolute atomic E-state index is 0.0644. The number of ketones is 1. The van der Waals surface area contributed by atoms with Crippen LogP contribution in [0, 0.1) is 18.3 Å². The van der Waals surface area contributed by atoms with Gasteiger partial charge in [-0.25, -0.2) is 4.98 Å². The van der Waals surface area contributed by atoms with E-state index in [2.05, 4.69) is 10.9 Å². The summed E-state index contributed by atoms with van der Waals surface area (Å²) in [5.41, 5.74) is 0.340. The van der Waals surface area contributed by atoms with Crippen LogP contribution in [0.3, 0.4) is 0 Å². The van der Waals surface area contributed by atoms with E-state index in [9.17, 15) is 9.18 Å². The normalized spacial score (nSPS) is 9.08. The van der Waals surface area contributed by atoms with Crippen LogP contribution < -0.4 is 0 Å². The number of aromatic nitrogens is 1. The summed E-state index contributed by atoms with van der Waals surface area (Å²) in [4.78, 5) is 14.1. The summed E-state index contributed by atoms with van der Waals surface area (Å²) in [5.74, 6) is 1.11. The summed E-state index contributed by atoms with van der Waals surface area (Å²) in [7, 11) is 0. The number of hydrogen-bond acceptors (Lipinski definition) is 2. The van der Waals surface area contributed by atoms with E-state index in [-0.39, 0.29) is 11.3 Å². The van der Waals surface area contributed by atoms with Crippen molar-refractivity contribution in [1.29, 1.82) is 0 Å². The number of terminal acetylenes is 1. The molecule has 2 nitrogen and oxygen atoms in total. The van der Waals surface area contributed by atoms with Gasteiger partial charge < -0.3 is 0 Å². The third-order valence-electron chi connectivity index (χ3n) is 1.39. The summed E-state index contributed by atoms with van der Waals surface area (Å²) in [6, 6.07) is 1.31. The number of Topliss-reactive ketones (excluding diaryl/α,β-unsaturated/α-hetero) is 1. The molecule has 0 atom stereocenters. The van der Waals surface area contributed by atoms with Gasteiger partial charge in [0.1, 0.15) is 0 Å². The Morgan fingerprint density at radius 2 is 2.42 bits per heavy atom. The predicted octanol–water partition coefficient (Wildman–Crippen LogP) is 1.40. The molecule has 0 aliphatic heterocycles. The first-order valence-electron chi connectivity index (χ1n) is 3.28. The van der Waals surface area contributed by atoms with Crippen molar-refractivity contribution in [1.82, 2.24) is 4.98 Å². The third kappa shape index (κ3) is 1.48. The van der Waals surface area contributed by atoms with Gasteiger partial charge in [-0.2, -0.15) is 4.39 Å². The first-order valence-corrected chi connectivity index (χ1v) is 3.28. The number of halogens is 1. The summed E-state index contributed by atoms with van der Waals surface area (Å²) in [5, 5.41) is 0. The van der Waals surface area contributed by atoms with Gasteiger partial charge in [-0.15, -0.1) is 6.42 Å². The van der Waals surface area contributed by atoms with Gasteiger partial charge in [0.25, 0.3) is 0 Å². The van der Waals surface area contributed by atoms with Gasteiger partial charge in [0, 0.05) is 11.8 Å². The van der Waals surface area contributed by atoms with E-state index in [1.807, 2.05) is 0 Å². The lowest BCUT2D eigenvalue weighted by atomic mass is 10.1. The van der Waals surface area contributed by atoms with Gasteiger partial charge in [-0.1, -0.05) is 5.92 Å². The molecule has 60 valence electrons. The highest BCUT2D eigenvalue weighted by Crippen LogP contribution is 2.07. The van der Waals surface area contributed by atoms with Gasteiger partial charge in [0.15, 0.2) is 5.78 Å². The average molecular weight is 163 g/mol. The lowest BCUT2D eigenvalue weighted by Gasteiger charge is -1.96. The molecule has 0 N–H and O–H groups in total. The molecule has 0 aromatic carbocycles. The summed E-state index contributed by atoms with van der Waals surface area (Å²) in [6.45, 7) is 1.26. The van der Waals surface area contributed by atoms with Crippen molar-refractivity contribution in [2.45, 2.75) is 6.92 Å². The zero-order valence-corrected chi connectivity index (χ0v) is 6.47. The van der Waals surface area contributed by atoms with Crippen molar-refractivity contribution < 1.29 is 9.18 Å². The third-order valence-corrected chi connectivity index (χ3v) is 1.39. The molecule has 3 heteroatoms. The van der Waals surface area contributed by atoms with E-state index >= 15 is 0 Å². The summed E-state index contributed by atoms with van der Waals surface area (Å²) in [6.07, 6.45) is 6.26. The minimum atomic E-state index is -0.776. The van der Waals surface area contributed by atoms with E-state index < -0.39 is 5.95 Å². The molecule has 0 bridgehead atoms. The van der Waals surface area contributed by atoms with Crippen LogP contribution in [-0.2, 0) is 0 Å². The molecular formula is C9H6FNO. The van der Waals surface area contributed by atoms with Crippen LogP contribution in [0.2, 0.25) is 0 Å². The molecule has 0 saturated carbocycles. The predicted molar refractivity (Wildman–Crippen MR) is 42.1 cm³/mol. The first-order chi connectivity index (χ1) is 5.65. The molecule has 1 aromatic rings. The SMILES string of the molecule is C#Cc1cnc(F)c(C(C)=O)c1. The Labute approximate surface area is 69.4 Å². The zero-order chi connectivity index (χ0) is 9.14. The second kappa shape index (κ2) is 3.14. The van der Waals surface area contributed by atoms with Gasteiger partial charge in [-0.3, -0.25) is 4.79 Å². The number of carbonyl (C=O) groups excluding carboxylic acids is 1. The molecule has 1 aromatic heterocycles. The maximum atomic E-state index is 12.8. The van der Waals surface area contributed by atoms with Gasteiger partial charge >= 0.3 is 0 Å². The fourth-order valence-electron chi connectivity index (χ4n) is 0.774. The Bertz CT molecular complexity index is 365. The molecule has 0 fully saturated rings. The lowest BCUT2D eigenvalue weighted by Crippen LogP contribution is -2.00. The maximum Gasteiger partial charge on any atom is 0.223 e. The van der Waals surface area contributed by atoms with Crippen molar-refractivity contribution in [2.24, 2.45) is 0 Å². The molecule has 0 spiro atoms. The number of carbonyl (C=O) groups is 1. The van der Waals surface area contributed by atoms with Crippen LogP contribution in [0.4, 0.5) is 4.39 Å². The maximum absolute atomic E-state index is 12.8. The molecule has 12 heavy (non-hydrogen) atoms. The van der Waals surface area contributed by atoms with Crippen LogP contribution in [0.15, 0.2) is 12.3 Å². The topological polar surface area (TPSA) is 30.0 Å². The largest absolute Gasteiger partial charge is 0.294 e.